The van der Waals surface area contributed by atoms with E-state index in [9.17, 15) is 0 Å². The van der Waals surface area contributed by atoms with E-state index in [1.807, 2.05) is 62.0 Å². The number of anilines is 1. The van der Waals surface area contributed by atoms with Crippen molar-refractivity contribution in [2.75, 3.05) is 18.0 Å². The van der Waals surface area contributed by atoms with E-state index in [-0.39, 0.29) is 0 Å². The van der Waals surface area contributed by atoms with Crippen LogP contribution in [0.3, 0.4) is 0 Å². The highest BCUT2D eigenvalue weighted by molar-refractivity contribution is 7.07. The molecule has 0 N–H and O–H groups in total. The van der Waals surface area contributed by atoms with Gasteiger partial charge in [-0.3, -0.25) is 0 Å². The van der Waals surface area contributed by atoms with E-state index in [1.165, 1.54) is 5.69 Å². The zero-order valence-electron chi connectivity index (χ0n) is 20.6. The van der Waals surface area contributed by atoms with E-state index < -0.39 is 0 Å². The number of hydrogen-bond donors (Lipinski definition) is 0. The first-order valence-electron chi connectivity index (χ1n) is 11.6. The standard InChI is InChI=1S/C26H31N8S/c1-5-34(17-16-33-15-14-31(3)20-33)25-12-10-24(11-13-25)29-28-23-8-6-22(7-9-23)18-27-30-26-32(4)21(2)19-35-26/h6-15,18-20H,5,16-17H2,1-4H3/q+1/b27-18+,29-28?,30-26-. The second-order valence-corrected chi connectivity index (χ2v) is 9.10. The third-order valence-corrected chi connectivity index (χ3v) is 6.75. The first-order chi connectivity index (χ1) is 17.0. The van der Waals surface area contributed by atoms with Crippen molar-refractivity contribution in [3.63, 3.8) is 0 Å². The number of aromatic nitrogens is 3. The summed E-state index contributed by atoms with van der Waals surface area (Å²) in [6, 6.07) is 16.0. The van der Waals surface area contributed by atoms with Gasteiger partial charge in [-0.2, -0.15) is 15.3 Å². The molecule has 4 rings (SSSR count). The summed E-state index contributed by atoms with van der Waals surface area (Å²) in [5.41, 5.74) is 4.92. The van der Waals surface area contributed by atoms with Crippen LogP contribution in [0.4, 0.5) is 17.1 Å². The first-order valence-corrected chi connectivity index (χ1v) is 12.5. The summed E-state index contributed by atoms with van der Waals surface area (Å²) < 4.78 is 6.27. The van der Waals surface area contributed by atoms with Gasteiger partial charge >= 0.3 is 0 Å². The van der Waals surface area contributed by atoms with E-state index in [0.717, 1.165) is 47.1 Å². The molecule has 0 radical (unpaired) electrons. The molecule has 0 atom stereocenters. The lowest BCUT2D eigenvalue weighted by molar-refractivity contribution is -0.671. The van der Waals surface area contributed by atoms with Crippen LogP contribution in [0.15, 0.2) is 93.1 Å². The molecule has 180 valence electrons. The molecule has 0 aliphatic carbocycles. The van der Waals surface area contributed by atoms with Gasteiger partial charge in [-0.15, -0.1) is 16.4 Å². The van der Waals surface area contributed by atoms with Crippen molar-refractivity contribution >= 4 is 34.6 Å². The Morgan fingerprint density at radius 1 is 1.03 bits per heavy atom. The fourth-order valence-corrected chi connectivity index (χ4v) is 4.33. The zero-order valence-corrected chi connectivity index (χ0v) is 21.4. The minimum Gasteiger partial charge on any atom is -0.368 e. The molecule has 0 aliphatic rings. The summed E-state index contributed by atoms with van der Waals surface area (Å²) in [6.45, 7) is 7.06. The van der Waals surface area contributed by atoms with Crippen LogP contribution in [-0.2, 0) is 20.6 Å². The average molecular weight is 488 g/mol. The number of azo groups is 1. The van der Waals surface area contributed by atoms with Gasteiger partial charge in [0.2, 0.25) is 11.1 Å². The minimum atomic E-state index is 0.790. The van der Waals surface area contributed by atoms with Gasteiger partial charge in [0.05, 0.1) is 31.2 Å². The van der Waals surface area contributed by atoms with Crippen molar-refractivity contribution in [2.45, 2.75) is 20.4 Å². The zero-order chi connectivity index (χ0) is 24.6. The molecule has 35 heavy (non-hydrogen) atoms. The summed E-state index contributed by atoms with van der Waals surface area (Å²) in [6.07, 6.45) is 7.99. The summed E-state index contributed by atoms with van der Waals surface area (Å²) in [4.78, 5) is 3.22. The highest BCUT2D eigenvalue weighted by Crippen LogP contribution is 2.22. The van der Waals surface area contributed by atoms with Crippen LogP contribution >= 0.6 is 11.3 Å². The molecule has 2 aromatic heterocycles. The Labute approximate surface area is 209 Å². The summed E-state index contributed by atoms with van der Waals surface area (Å²) in [7, 11) is 4.02. The number of aryl methyl sites for hydroxylation is 2. The fraction of sp³-hybridized carbons (Fsp3) is 0.269. The van der Waals surface area contributed by atoms with E-state index in [4.69, 9.17) is 0 Å². The van der Waals surface area contributed by atoms with Gasteiger partial charge in [-0.1, -0.05) is 12.1 Å². The van der Waals surface area contributed by atoms with Crippen LogP contribution in [0, 0.1) is 6.92 Å². The predicted molar refractivity (Wildman–Crippen MR) is 142 cm³/mol. The van der Waals surface area contributed by atoms with Crippen LogP contribution in [0.5, 0.6) is 0 Å². The monoisotopic (exact) mass is 487 g/mol. The number of imidazole rings is 1. The molecular formula is C26H31N8S+. The molecule has 2 aromatic carbocycles. The molecule has 4 aromatic rings. The molecule has 0 saturated heterocycles. The van der Waals surface area contributed by atoms with Crippen molar-refractivity contribution in [2.24, 2.45) is 34.5 Å². The molecular weight excluding hydrogens is 456 g/mol. The average Bonchev–Trinajstić information content (AvgIpc) is 3.44. The Morgan fingerprint density at radius 3 is 2.29 bits per heavy atom. The Morgan fingerprint density at radius 2 is 1.71 bits per heavy atom. The summed E-state index contributed by atoms with van der Waals surface area (Å²) in [5.74, 6) is 0. The minimum absolute atomic E-state index is 0.790. The van der Waals surface area contributed by atoms with Crippen LogP contribution < -0.4 is 14.3 Å². The smallest absolute Gasteiger partial charge is 0.243 e. The lowest BCUT2D eigenvalue weighted by Crippen LogP contribution is -2.28. The highest BCUT2D eigenvalue weighted by atomic mass is 32.1. The van der Waals surface area contributed by atoms with Crippen molar-refractivity contribution in [1.29, 1.82) is 0 Å². The number of thiazole rings is 1. The SMILES string of the molecule is CCN(CCn1cc[n+](C)c1)c1ccc(N=Nc2ccc(/C=N/N=c3\scc(C)n3C)cc2)cc1. The molecule has 9 heteroatoms. The number of nitrogens with zero attached hydrogens (tertiary/aromatic N) is 8. The predicted octanol–water partition coefficient (Wildman–Crippen LogP) is 4.90. The van der Waals surface area contributed by atoms with Gasteiger partial charge in [0.15, 0.2) is 0 Å². The van der Waals surface area contributed by atoms with E-state index in [1.54, 1.807) is 17.6 Å². The fourth-order valence-electron chi connectivity index (χ4n) is 3.50. The molecule has 0 bridgehead atoms. The number of benzene rings is 2. The molecule has 0 unspecified atom stereocenters. The van der Waals surface area contributed by atoms with Crippen LogP contribution in [-0.4, -0.2) is 28.4 Å². The summed E-state index contributed by atoms with van der Waals surface area (Å²) >= 11 is 1.57. The molecule has 8 nitrogen and oxygen atoms in total. The Bertz CT molecular complexity index is 1360. The molecule has 0 saturated carbocycles. The third kappa shape index (κ3) is 6.60. The molecule has 0 amide bonds. The van der Waals surface area contributed by atoms with Gasteiger partial charge < -0.3 is 9.47 Å². The Balaban J connectivity index is 1.34. The van der Waals surface area contributed by atoms with Crippen molar-refractivity contribution < 1.29 is 4.57 Å². The highest BCUT2D eigenvalue weighted by Gasteiger charge is 2.07. The lowest BCUT2D eigenvalue weighted by atomic mass is 10.2. The first kappa shape index (κ1) is 24.3. The maximum absolute atomic E-state index is 4.39. The quantitative estimate of drug-likeness (QED) is 0.143. The van der Waals surface area contributed by atoms with Gasteiger partial charge in [0, 0.05) is 30.4 Å². The number of rotatable bonds is 9. The summed E-state index contributed by atoms with van der Waals surface area (Å²) in [5, 5.41) is 19.3. The number of likely N-dealkylation sites (N-methyl/N-ethyl adjacent to an activating group) is 1. The van der Waals surface area contributed by atoms with E-state index in [0.29, 0.717) is 0 Å². The molecule has 0 spiro atoms. The Kier molecular flexibility index (Phi) is 7.99. The maximum atomic E-state index is 4.39. The van der Waals surface area contributed by atoms with Gasteiger partial charge in [0.1, 0.15) is 18.9 Å². The van der Waals surface area contributed by atoms with Gasteiger partial charge in [-0.25, -0.2) is 9.13 Å². The van der Waals surface area contributed by atoms with Crippen molar-refractivity contribution in [3.05, 3.63) is 88.7 Å². The molecule has 0 fully saturated rings. The number of hydrogen-bond acceptors (Lipinski definition) is 6. The Hall–Kier alpha value is -3.85. The molecule has 0 aliphatic heterocycles. The van der Waals surface area contributed by atoms with E-state index in [2.05, 4.69) is 77.6 Å². The van der Waals surface area contributed by atoms with Crippen LogP contribution in [0.2, 0.25) is 0 Å². The van der Waals surface area contributed by atoms with Gasteiger partial charge in [-0.05, 0) is 55.8 Å². The van der Waals surface area contributed by atoms with Crippen molar-refractivity contribution in [1.82, 2.24) is 9.13 Å². The van der Waals surface area contributed by atoms with Crippen LogP contribution in [0.1, 0.15) is 18.2 Å². The van der Waals surface area contributed by atoms with E-state index >= 15 is 0 Å². The third-order valence-electron chi connectivity index (χ3n) is 5.72. The second kappa shape index (κ2) is 11.5. The molecule has 2 heterocycles. The van der Waals surface area contributed by atoms with Gasteiger partial charge in [0.25, 0.3) is 0 Å². The maximum Gasteiger partial charge on any atom is 0.243 e. The lowest BCUT2D eigenvalue weighted by Gasteiger charge is -2.22. The second-order valence-electron chi connectivity index (χ2n) is 8.27. The topological polar surface area (TPSA) is 66.4 Å². The van der Waals surface area contributed by atoms with Crippen molar-refractivity contribution in [3.8, 4) is 0 Å². The van der Waals surface area contributed by atoms with Crippen LogP contribution in [0.25, 0.3) is 0 Å². The normalized spacial score (nSPS) is 12.3. The largest absolute Gasteiger partial charge is 0.368 e.